The minimum Gasteiger partial charge on any atom is -0.499 e. The zero-order chi connectivity index (χ0) is 19.9. The number of hydrogen-bond acceptors (Lipinski definition) is 3. The molecular formula is C22H24Cl3NO3. The monoisotopic (exact) mass is 455 g/mol. The molecule has 0 aromatic heterocycles. The molecule has 4 nitrogen and oxygen atoms in total. The third-order valence-corrected chi connectivity index (χ3v) is 5.32. The van der Waals surface area contributed by atoms with Crippen LogP contribution < -0.4 is 0 Å². The van der Waals surface area contributed by atoms with Crippen LogP contribution in [-0.2, 0) is 9.53 Å². The van der Waals surface area contributed by atoms with Crippen LogP contribution in [0.2, 0.25) is 10.0 Å². The molecule has 1 saturated heterocycles. The molecule has 0 saturated carbocycles. The van der Waals surface area contributed by atoms with Crippen molar-refractivity contribution in [3.05, 3.63) is 76.0 Å². The Morgan fingerprint density at radius 2 is 1.76 bits per heavy atom. The Morgan fingerprint density at radius 3 is 2.31 bits per heavy atom. The molecule has 0 amide bonds. The molecule has 1 heterocycles. The van der Waals surface area contributed by atoms with Gasteiger partial charge in [0.1, 0.15) is 6.61 Å². The SMILES string of the molecule is Cl.O=C(O)C1CCCN(CCOC=C(c2cccc(Cl)c2)c2cccc(Cl)c2)C1. The minimum atomic E-state index is -0.713. The second-order valence-electron chi connectivity index (χ2n) is 6.90. The first-order chi connectivity index (χ1) is 13.5. The summed E-state index contributed by atoms with van der Waals surface area (Å²) in [5.74, 6) is -0.993. The van der Waals surface area contributed by atoms with E-state index < -0.39 is 5.97 Å². The minimum absolute atomic E-state index is 0. The van der Waals surface area contributed by atoms with E-state index in [-0.39, 0.29) is 18.3 Å². The molecule has 3 rings (SSSR count). The Bertz CT molecular complexity index is 809. The van der Waals surface area contributed by atoms with Crippen molar-refractivity contribution in [3.63, 3.8) is 0 Å². The van der Waals surface area contributed by atoms with Crippen LogP contribution in [0.25, 0.3) is 5.57 Å². The Morgan fingerprint density at radius 1 is 1.14 bits per heavy atom. The van der Waals surface area contributed by atoms with Crippen molar-refractivity contribution in [1.29, 1.82) is 0 Å². The van der Waals surface area contributed by atoms with Crippen LogP contribution in [0.3, 0.4) is 0 Å². The van der Waals surface area contributed by atoms with Crippen LogP contribution in [0.5, 0.6) is 0 Å². The van der Waals surface area contributed by atoms with Crippen molar-refractivity contribution < 1.29 is 14.6 Å². The molecule has 2 aromatic carbocycles. The summed E-state index contributed by atoms with van der Waals surface area (Å²) in [5.41, 5.74) is 2.78. The fourth-order valence-electron chi connectivity index (χ4n) is 3.40. The Hall–Kier alpha value is -1.72. The average Bonchev–Trinajstić information content (AvgIpc) is 2.68. The number of ether oxygens (including phenoxy) is 1. The van der Waals surface area contributed by atoms with Gasteiger partial charge in [-0.3, -0.25) is 9.69 Å². The fraction of sp³-hybridized carbons (Fsp3) is 0.318. The zero-order valence-corrected chi connectivity index (χ0v) is 18.2. The van der Waals surface area contributed by atoms with Gasteiger partial charge in [-0.05, 0) is 54.8 Å². The van der Waals surface area contributed by atoms with Crippen molar-refractivity contribution in [2.24, 2.45) is 5.92 Å². The first-order valence-corrected chi connectivity index (χ1v) is 10.1. The summed E-state index contributed by atoms with van der Waals surface area (Å²) in [6, 6.07) is 15.2. The molecule has 1 unspecified atom stereocenters. The van der Waals surface area contributed by atoms with Gasteiger partial charge in [0.15, 0.2) is 0 Å². The van der Waals surface area contributed by atoms with E-state index in [1.54, 1.807) is 6.26 Å². The van der Waals surface area contributed by atoms with E-state index in [1.807, 2.05) is 48.5 Å². The van der Waals surface area contributed by atoms with Crippen LogP contribution in [0.1, 0.15) is 24.0 Å². The van der Waals surface area contributed by atoms with Crippen LogP contribution >= 0.6 is 35.6 Å². The zero-order valence-electron chi connectivity index (χ0n) is 15.9. The molecular weight excluding hydrogens is 433 g/mol. The predicted octanol–water partition coefficient (Wildman–Crippen LogP) is 5.62. The topological polar surface area (TPSA) is 49.8 Å². The van der Waals surface area contributed by atoms with Gasteiger partial charge in [0.2, 0.25) is 0 Å². The van der Waals surface area contributed by atoms with Crippen LogP contribution in [0.15, 0.2) is 54.8 Å². The lowest BCUT2D eigenvalue weighted by Crippen LogP contribution is -2.40. The first-order valence-electron chi connectivity index (χ1n) is 9.32. The highest BCUT2D eigenvalue weighted by atomic mass is 35.5. The predicted molar refractivity (Wildman–Crippen MR) is 120 cm³/mol. The van der Waals surface area contributed by atoms with Gasteiger partial charge in [0.25, 0.3) is 0 Å². The molecule has 0 radical (unpaired) electrons. The highest BCUT2D eigenvalue weighted by Crippen LogP contribution is 2.27. The third kappa shape index (κ3) is 6.93. The summed E-state index contributed by atoms with van der Waals surface area (Å²) in [6.07, 6.45) is 3.39. The van der Waals surface area contributed by atoms with E-state index in [0.29, 0.717) is 29.7 Å². The van der Waals surface area contributed by atoms with Gasteiger partial charge in [0.05, 0.1) is 12.2 Å². The normalized spacial score (nSPS) is 16.6. The lowest BCUT2D eigenvalue weighted by molar-refractivity contribution is -0.143. The summed E-state index contributed by atoms with van der Waals surface area (Å²) in [5, 5.41) is 10.5. The third-order valence-electron chi connectivity index (χ3n) is 4.85. The summed E-state index contributed by atoms with van der Waals surface area (Å²) < 4.78 is 5.85. The van der Waals surface area contributed by atoms with Crippen molar-refractivity contribution in [1.82, 2.24) is 4.90 Å². The molecule has 1 N–H and O–H groups in total. The van der Waals surface area contributed by atoms with E-state index in [1.165, 1.54) is 0 Å². The lowest BCUT2D eigenvalue weighted by Gasteiger charge is -2.30. The number of carboxylic acid groups (broad SMARTS) is 1. The molecule has 0 aliphatic carbocycles. The molecule has 29 heavy (non-hydrogen) atoms. The number of nitrogens with zero attached hydrogens (tertiary/aromatic N) is 1. The Kier molecular flexibility index (Phi) is 9.31. The van der Waals surface area contributed by atoms with Gasteiger partial charge in [-0.1, -0.05) is 47.5 Å². The number of hydrogen-bond donors (Lipinski definition) is 1. The van der Waals surface area contributed by atoms with E-state index in [4.69, 9.17) is 27.9 Å². The van der Waals surface area contributed by atoms with Crippen molar-refractivity contribution in [2.45, 2.75) is 12.8 Å². The highest BCUT2D eigenvalue weighted by molar-refractivity contribution is 6.31. The molecule has 0 spiro atoms. The maximum atomic E-state index is 11.2. The Labute approximate surface area is 187 Å². The number of piperidine rings is 1. The number of aliphatic carboxylic acids is 1. The van der Waals surface area contributed by atoms with Crippen LogP contribution in [0.4, 0.5) is 0 Å². The highest BCUT2D eigenvalue weighted by Gasteiger charge is 2.24. The van der Waals surface area contributed by atoms with E-state index in [2.05, 4.69) is 4.90 Å². The largest absolute Gasteiger partial charge is 0.499 e. The summed E-state index contributed by atoms with van der Waals surface area (Å²) in [7, 11) is 0. The lowest BCUT2D eigenvalue weighted by atomic mass is 9.98. The molecule has 0 bridgehead atoms. The summed E-state index contributed by atoms with van der Waals surface area (Å²) in [6.45, 7) is 2.67. The molecule has 1 aliphatic rings. The molecule has 156 valence electrons. The molecule has 1 aliphatic heterocycles. The van der Waals surface area contributed by atoms with Crippen molar-refractivity contribution in [2.75, 3.05) is 26.2 Å². The number of rotatable bonds is 7. The van der Waals surface area contributed by atoms with E-state index in [9.17, 15) is 9.90 Å². The van der Waals surface area contributed by atoms with Crippen molar-refractivity contribution >= 4 is 47.2 Å². The molecule has 7 heteroatoms. The maximum Gasteiger partial charge on any atom is 0.307 e. The van der Waals surface area contributed by atoms with Gasteiger partial charge in [-0.2, -0.15) is 0 Å². The second-order valence-corrected chi connectivity index (χ2v) is 7.77. The quantitative estimate of drug-likeness (QED) is 0.434. The van der Waals surface area contributed by atoms with Gasteiger partial charge in [-0.15, -0.1) is 12.4 Å². The molecule has 2 aromatic rings. The Balaban J connectivity index is 0.00000300. The smallest absolute Gasteiger partial charge is 0.307 e. The first kappa shape index (κ1) is 23.6. The number of benzene rings is 2. The summed E-state index contributed by atoms with van der Waals surface area (Å²) >= 11 is 12.3. The van der Waals surface area contributed by atoms with Gasteiger partial charge < -0.3 is 9.84 Å². The molecule has 1 atom stereocenters. The number of carboxylic acids is 1. The van der Waals surface area contributed by atoms with E-state index >= 15 is 0 Å². The van der Waals surface area contributed by atoms with Crippen LogP contribution in [0, 0.1) is 5.92 Å². The van der Waals surface area contributed by atoms with Gasteiger partial charge >= 0.3 is 5.97 Å². The standard InChI is InChI=1S/C22H23Cl2NO3.ClH/c23-19-7-1-4-16(12-19)21(17-5-2-8-20(24)13-17)15-28-11-10-25-9-3-6-18(14-25)22(26)27;/h1-2,4-5,7-8,12-13,15,18H,3,6,9-11,14H2,(H,26,27);1H. The van der Waals surface area contributed by atoms with Crippen molar-refractivity contribution in [3.8, 4) is 0 Å². The summed E-state index contributed by atoms with van der Waals surface area (Å²) in [4.78, 5) is 13.3. The second kappa shape index (κ2) is 11.5. The number of likely N-dealkylation sites (tertiary alicyclic amines) is 1. The molecule has 1 fully saturated rings. The average molecular weight is 457 g/mol. The fourth-order valence-corrected chi connectivity index (χ4v) is 3.78. The maximum absolute atomic E-state index is 11.2. The van der Waals surface area contributed by atoms with E-state index in [0.717, 1.165) is 36.1 Å². The number of halogens is 3. The van der Waals surface area contributed by atoms with Crippen LogP contribution in [-0.4, -0.2) is 42.2 Å². The van der Waals surface area contributed by atoms with Gasteiger partial charge in [0, 0.05) is 28.7 Å². The number of carbonyl (C=O) groups is 1. The van der Waals surface area contributed by atoms with Gasteiger partial charge in [-0.25, -0.2) is 0 Å².